The van der Waals surface area contributed by atoms with Crippen LogP contribution in [0.25, 0.3) is 22.2 Å². The number of aryl methyl sites for hydroxylation is 3. The second kappa shape index (κ2) is 11.8. The molecule has 0 saturated carbocycles. The largest absolute Gasteiger partial charge is 0.465 e. The number of benzene rings is 3. The molecule has 0 aliphatic heterocycles. The van der Waals surface area contributed by atoms with Gasteiger partial charge in [0.25, 0.3) is 5.82 Å². The van der Waals surface area contributed by atoms with Gasteiger partial charge in [0, 0.05) is 12.3 Å². The van der Waals surface area contributed by atoms with E-state index in [-0.39, 0.29) is 11.9 Å². The molecule has 1 heterocycles. The Kier molecular flexibility index (Phi) is 8.15. The van der Waals surface area contributed by atoms with E-state index in [0.29, 0.717) is 26.0 Å². The van der Waals surface area contributed by atoms with Gasteiger partial charge in [0.2, 0.25) is 0 Å². The van der Waals surface area contributed by atoms with Crippen molar-refractivity contribution in [2.24, 2.45) is 0 Å². The minimum absolute atomic E-state index is 0.0627. The first-order valence-electron chi connectivity index (χ1n) is 14.5. The number of alkyl carbamates (subject to hydrolysis) is 1. The number of carbonyl (C=O) groups excluding carboxylic acids is 2. The van der Waals surface area contributed by atoms with E-state index < -0.39 is 11.7 Å². The average molecular weight is 555 g/mol. The topological polar surface area (TPSA) is 73.4 Å². The van der Waals surface area contributed by atoms with Gasteiger partial charge in [-0.05, 0) is 81.0 Å². The number of carbonyl (C=O) groups is 2. The number of aromatic nitrogens is 2. The number of imidazole rings is 1. The van der Waals surface area contributed by atoms with E-state index in [4.69, 9.17) is 9.47 Å². The number of fused-ring (bicyclic) bond motifs is 4. The van der Waals surface area contributed by atoms with Crippen LogP contribution in [-0.2, 0) is 40.3 Å². The highest BCUT2D eigenvalue weighted by Crippen LogP contribution is 2.44. The third-order valence-corrected chi connectivity index (χ3v) is 7.66. The van der Waals surface area contributed by atoms with Crippen LogP contribution in [-0.4, -0.2) is 28.8 Å². The van der Waals surface area contributed by atoms with Crippen molar-refractivity contribution < 1.29 is 23.6 Å². The third kappa shape index (κ3) is 5.99. The van der Waals surface area contributed by atoms with Crippen LogP contribution in [0.1, 0.15) is 69.5 Å². The summed E-state index contributed by atoms with van der Waals surface area (Å²) in [6.45, 7) is 12.0. The maximum Gasteiger partial charge on any atom is 0.408 e. The molecule has 1 N–H and O–H groups in total. The molecule has 1 amide bonds. The van der Waals surface area contributed by atoms with Gasteiger partial charge in [-0.3, -0.25) is 4.79 Å². The van der Waals surface area contributed by atoms with Crippen molar-refractivity contribution in [3.63, 3.8) is 0 Å². The number of esters is 1. The molecule has 0 bridgehead atoms. The van der Waals surface area contributed by atoms with Crippen molar-refractivity contribution in [2.75, 3.05) is 6.61 Å². The SMILES string of the molecule is CCn1c(CNC(=O)OC(C)(C)C)[n+](CC)c2ccc(CCC(=O)OCC3c4ccccc4-c4ccccc43)cc21. The van der Waals surface area contributed by atoms with Crippen LogP contribution < -0.4 is 9.88 Å². The smallest absolute Gasteiger partial charge is 0.408 e. The van der Waals surface area contributed by atoms with Crippen LogP contribution >= 0.6 is 0 Å². The summed E-state index contributed by atoms with van der Waals surface area (Å²) >= 11 is 0. The molecule has 4 aromatic rings. The van der Waals surface area contributed by atoms with Gasteiger partial charge >= 0.3 is 12.1 Å². The highest BCUT2D eigenvalue weighted by molar-refractivity contribution is 5.79. The zero-order valence-electron chi connectivity index (χ0n) is 24.7. The molecule has 0 spiro atoms. The van der Waals surface area contributed by atoms with Crippen molar-refractivity contribution >= 4 is 23.1 Å². The van der Waals surface area contributed by atoms with Gasteiger partial charge in [-0.2, -0.15) is 0 Å². The minimum atomic E-state index is -0.551. The molecule has 7 heteroatoms. The summed E-state index contributed by atoms with van der Waals surface area (Å²) in [7, 11) is 0. The maximum absolute atomic E-state index is 12.9. The van der Waals surface area contributed by atoms with Crippen molar-refractivity contribution in [1.29, 1.82) is 0 Å². The van der Waals surface area contributed by atoms with Crippen LogP contribution in [0.5, 0.6) is 0 Å². The minimum Gasteiger partial charge on any atom is -0.465 e. The molecule has 0 saturated heterocycles. The van der Waals surface area contributed by atoms with Gasteiger partial charge in [0.05, 0.1) is 13.1 Å². The Bertz CT molecular complexity index is 1540. The highest BCUT2D eigenvalue weighted by atomic mass is 16.6. The van der Waals surface area contributed by atoms with E-state index in [9.17, 15) is 9.59 Å². The molecule has 0 unspecified atom stereocenters. The fourth-order valence-electron chi connectivity index (χ4n) is 5.89. The number of hydrogen-bond donors (Lipinski definition) is 1. The maximum atomic E-state index is 12.9. The zero-order valence-corrected chi connectivity index (χ0v) is 24.7. The summed E-state index contributed by atoms with van der Waals surface area (Å²) in [5, 5.41) is 2.91. The predicted molar refractivity (Wildman–Crippen MR) is 160 cm³/mol. The molecule has 1 aliphatic carbocycles. The van der Waals surface area contributed by atoms with Crippen LogP contribution in [0.3, 0.4) is 0 Å². The Morgan fingerprint density at radius 3 is 2.22 bits per heavy atom. The molecule has 0 radical (unpaired) electrons. The van der Waals surface area contributed by atoms with Crippen molar-refractivity contribution in [3.8, 4) is 11.1 Å². The Balaban J connectivity index is 1.25. The summed E-state index contributed by atoms with van der Waals surface area (Å²) in [5.41, 5.74) is 7.59. The van der Waals surface area contributed by atoms with E-state index in [2.05, 4.69) is 82.9 Å². The second-order valence-electron chi connectivity index (χ2n) is 11.5. The van der Waals surface area contributed by atoms with Crippen molar-refractivity contribution in [2.45, 2.75) is 78.6 Å². The summed E-state index contributed by atoms with van der Waals surface area (Å²) in [5.74, 6) is 0.876. The number of hydrogen-bond acceptors (Lipinski definition) is 4. The highest BCUT2D eigenvalue weighted by Gasteiger charge is 2.29. The first-order valence-corrected chi connectivity index (χ1v) is 14.5. The zero-order chi connectivity index (χ0) is 29.1. The average Bonchev–Trinajstić information content (AvgIpc) is 3.44. The number of amides is 1. The molecule has 214 valence electrons. The van der Waals surface area contributed by atoms with Gasteiger partial charge in [0.15, 0.2) is 11.0 Å². The summed E-state index contributed by atoms with van der Waals surface area (Å²) in [6.07, 6.45) is 0.478. The summed E-state index contributed by atoms with van der Waals surface area (Å²) in [6, 6.07) is 23.1. The molecule has 0 atom stereocenters. The van der Waals surface area contributed by atoms with Crippen LogP contribution in [0, 0.1) is 0 Å². The van der Waals surface area contributed by atoms with Crippen molar-refractivity contribution in [1.82, 2.24) is 9.88 Å². The fraction of sp³-hybridized carbons (Fsp3) is 0.382. The Hall–Kier alpha value is -4.13. The van der Waals surface area contributed by atoms with Gasteiger partial charge < -0.3 is 14.8 Å². The molecule has 3 aromatic carbocycles. The fourth-order valence-corrected chi connectivity index (χ4v) is 5.89. The number of nitrogens with one attached hydrogen (secondary N) is 1. The van der Waals surface area contributed by atoms with Crippen molar-refractivity contribution in [3.05, 3.63) is 89.2 Å². The first-order chi connectivity index (χ1) is 19.7. The lowest BCUT2D eigenvalue weighted by molar-refractivity contribution is -0.676. The molecule has 5 rings (SSSR count). The van der Waals surface area contributed by atoms with E-state index in [1.165, 1.54) is 22.3 Å². The Labute approximate surface area is 242 Å². The number of rotatable bonds is 9. The van der Waals surface area contributed by atoms with Gasteiger partial charge in [0.1, 0.15) is 18.8 Å². The molecule has 41 heavy (non-hydrogen) atoms. The molecular formula is C34H40N3O4+. The second-order valence-corrected chi connectivity index (χ2v) is 11.5. The van der Waals surface area contributed by atoms with Crippen LogP contribution in [0.4, 0.5) is 4.79 Å². The molecule has 7 nitrogen and oxygen atoms in total. The van der Waals surface area contributed by atoms with Crippen LogP contribution in [0.2, 0.25) is 0 Å². The standard InChI is InChI=1S/C34H39N3O4/c1-6-36-29-18-16-23(20-30(29)37(7-2)31(36)21-35-33(39)41-34(3,4)5)17-19-32(38)40-22-28-26-14-10-8-12-24(26)25-13-9-11-15-27(25)28/h8-16,18,20,28H,6-7,17,19,21-22H2,1-5H3/p+1. The molecule has 0 fully saturated rings. The normalized spacial score (nSPS) is 12.7. The molecule has 1 aliphatic rings. The Morgan fingerprint density at radius 2 is 1.61 bits per heavy atom. The number of ether oxygens (including phenoxy) is 2. The summed E-state index contributed by atoms with van der Waals surface area (Å²) < 4.78 is 15.7. The molecular weight excluding hydrogens is 514 g/mol. The van der Waals surface area contributed by atoms with E-state index >= 15 is 0 Å². The number of nitrogens with zero attached hydrogens (tertiary/aromatic N) is 2. The lowest BCUT2D eigenvalue weighted by Crippen LogP contribution is -2.41. The van der Waals surface area contributed by atoms with Gasteiger partial charge in [-0.25, -0.2) is 13.9 Å². The molecule has 1 aromatic heterocycles. The third-order valence-electron chi connectivity index (χ3n) is 7.66. The first kappa shape index (κ1) is 28.4. The van der Waals surface area contributed by atoms with E-state index in [0.717, 1.165) is 35.5 Å². The van der Waals surface area contributed by atoms with E-state index in [1.54, 1.807) is 0 Å². The van der Waals surface area contributed by atoms with Gasteiger partial charge in [-0.1, -0.05) is 54.6 Å². The summed E-state index contributed by atoms with van der Waals surface area (Å²) in [4.78, 5) is 25.2. The quantitative estimate of drug-likeness (QED) is 0.195. The van der Waals surface area contributed by atoms with Crippen LogP contribution in [0.15, 0.2) is 66.7 Å². The predicted octanol–water partition coefficient (Wildman–Crippen LogP) is 6.28. The van der Waals surface area contributed by atoms with Gasteiger partial charge in [-0.15, -0.1) is 0 Å². The lowest BCUT2D eigenvalue weighted by atomic mass is 9.98. The van der Waals surface area contributed by atoms with E-state index in [1.807, 2.05) is 32.9 Å². The Morgan fingerprint density at radius 1 is 0.951 bits per heavy atom. The monoisotopic (exact) mass is 554 g/mol. The lowest BCUT2D eigenvalue weighted by Gasteiger charge is -2.19.